The summed E-state index contributed by atoms with van der Waals surface area (Å²) in [5, 5.41) is 9.74. The van der Waals surface area contributed by atoms with Crippen molar-refractivity contribution in [3.05, 3.63) is 115 Å². The maximum Gasteiger partial charge on any atom is 0.155 e. The van der Waals surface area contributed by atoms with E-state index in [0.29, 0.717) is 12.4 Å². The van der Waals surface area contributed by atoms with Crippen molar-refractivity contribution < 1.29 is 4.74 Å². The van der Waals surface area contributed by atoms with Gasteiger partial charge in [-0.3, -0.25) is 15.1 Å². The first kappa shape index (κ1) is 21.9. The summed E-state index contributed by atoms with van der Waals surface area (Å²) in [5.41, 5.74) is 8.73. The first-order valence-corrected chi connectivity index (χ1v) is 12.3. The number of aromatic amines is 2. The van der Waals surface area contributed by atoms with Crippen LogP contribution in [0, 0.1) is 0 Å². The molecule has 7 heteroatoms. The Hall–Kier alpha value is -5.30. The van der Waals surface area contributed by atoms with Gasteiger partial charge in [-0.15, -0.1) is 0 Å². The summed E-state index contributed by atoms with van der Waals surface area (Å²) in [6.45, 7) is 0.483. The monoisotopic (exact) mass is 494 g/mol. The molecule has 7 aromatic rings. The SMILES string of the molecule is c1ccc(COc2cncc(-c3cnc4[nH]nc(-c5cc6c(-c7ccncc7)cccc6[nH]5)c4c3)c2)cc1. The van der Waals surface area contributed by atoms with Crippen LogP contribution in [-0.4, -0.2) is 30.1 Å². The number of ether oxygens (including phenoxy) is 1. The molecule has 2 aromatic carbocycles. The van der Waals surface area contributed by atoms with Gasteiger partial charge in [-0.05, 0) is 53.1 Å². The van der Waals surface area contributed by atoms with Gasteiger partial charge in [-0.2, -0.15) is 5.10 Å². The highest BCUT2D eigenvalue weighted by molar-refractivity contribution is 6.01. The first-order valence-electron chi connectivity index (χ1n) is 12.3. The molecule has 7 nitrogen and oxygen atoms in total. The van der Waals surface area contributed by atoms with E-state index < -0.39 is 0 Å². The van der Waals surface area contributed by atoms with Crippen LogP contribution in [0.4, 0.5) is 0 Å². The molecule has 2 N–H and O–H groups in total. The predicted octanol–water partition coefficient (Wildman–Crippen LogP) is 6.81. The van der Waals surface area contributed by atoms with E-state index in [0.717, 1.165) is 61.1 Å². The van der Waals surface area contributed by atoms with E-state index in [2.05, 4.69) is 60.5 Å². The Labute approximate surface area is 218 Å². The molecule has 0 aliphatic heterocycles. The van der Waals surface area contributed by atoms with Crippen LogP contribution >= 0.6 is 0 Å². The number of fused-ring (bicyclic) bond motifs is 2. The minimum atomic E-state index is 0.483. The molecule has 0 bridgehead atoms. The minimum absolute atomic E-state index is 0.483. The van der Waals surface area contributed by atoms with Crippen molar-refractivity contribution in [1.82, 2.24) is 30.1 Å². The summed E-state index contributed by atoms with van der Waals surface area (Å²) in [7, 11) is 0. The van der Waals surface area contributed by atoms with Gasteiger partial charge in [0, 0.05) is 52.2 Å². The summed E-state index contributed by atoms with van der Waals surface area (Å²) >= 11 is 0. The number of aromatic nitrogens is 6. The van der Waals surface area contributed by atoms with Crippen molar-refractivity contribution in [3.63, 3.8) is 0 Å². The fraction of sp³-hybridized carbons (Fsp3) is 0.0323. The van der Waals surface area contributed by atoms with Crippen LogP contribution in [-0.2, 0) is 6.61 Å². The normalized spacial score (nSPS) is 11.3. The second-order valence-corrected chi connectivity index (χ2v) is 9.06. The smallest absolute Gasteiger partial charge is 0.155 e. The molecule has 0 atom stereocenters. The van der Waals surface area contributed by atoms with E-state index in [1.165, 1.54) is 0 Å². The van der Waals surface area contributed by atoms with Gasteiger partial charge in [0.15, 0.2) is 5.65 Å². The van der Waals surface area contributed by atoms with Crippen molar-refractivity contribution in [1.29, 1.82) is 0 Å². The standard InChI is InChI=1S/C31H22N6O/c1-2-5-20(6-3-1)19-38-24-13-22(16-33-18-24)23-14-27-30(36-37-31(27)34-17-23)29-15-26-25(7-4-8-28(26)35-29)21-9-11-32-12-10-21/h1-18,35H,19H2,(H,34,36,37). The van der Waals surface area contributed by atoms with E-state index in [-0.39, 0.29) is 0 Å². The molecule has 182 valence electrons. The second kappa shape index (κ2) is 9.29. The van der Waals surface area contributed by atoms with Crippen molar-refractivity contribution in [2.45, 2.75) is 6.61 Å². The maximum absolute atomic E-state index is 5.99. The fourth-order valence-electron chi connectivity index (χ4n) is 4.73. The zero-order valence-corrected chi connectivity index (χ0v) is 20.3. The molecule has 7 rings (SSSR count). The van der Waals surface area contributed by atoms with Crippen molar-refractivity contribution in [3.8, 4) is 39.4 Å². The minimum Gasteiger partial charge on any atom is -0.487 e. The van der Waals surface area contributed by atoms with E-state index >= 15 is 0 Å². The van der Waals surface area contributed by atoms with Crippen LogP contribution in [0.1, 0.15) is 5.56 Å². The van der Waals surface area contributed by atoms with Crippen molar-refractivity contribution in [2.24, 2.45) is 0 Å². The van der Waals surface area contributed by atoms with E-state index in [1.54, 1.807) is 6.20 Å². The molecule has 0 saturated carbocycles. The topological polar surface area (TPSA) is 92.4 Å². The molecule has 0 amide bonds. The molecule has 0 spiro atoms. The average Bonchev–Trinajstić information content (AvgIpc) is 3.61. The zero-order chi connectivity index (χ0) is 25.3. The lowest BCUT2D eigenvalue weighted by molar-refractivity contribution is 0.305. The quantitative estimate of drug-likeness (QED) is 0.265. The summed E-state index contributed by atoms with van der Waals surface area (Å²) in [5.74, 6) is 0.707. The molecule has 38 heavy (non-hydrogen) atoms. The van der Waals surface area contributed by atoms with Crippen molar-refractivity contribution in [2.75, 3.05) is 0 Å². The lowest BCUT2D eigenvalue weighted by atomic mass is 10.0. The van der Waals surface area contributed by atoms with E-state index in [4.69, 9.17) is 4.74 Å². The Morgan fingerprint density at radius 1 is 0.711 bits per heavy atom. The summed E-state index contributed by atoms with van der Waals surface area (Å²) in [6.07, 6.45) is 9.00. The Balaban J connectivity index is 1.24. The van der Waals surface area contributed by atoms with Gasteiger partial charge >= 0.3 is 0 Å². The molecule has 0 fully saturated rings. The molecule has 0 aliphatic carbocycles. The van der Waals surface area contributed by atoms with Crippen LogP contribution < -0.4 is 4.74 Å². The van der Waals surface area contributed by atoms with Crippen LogP contribution in [0.15, 0.2) is 110 Å². The predicted molar refractivity (Wildman–Crippen MR) is 148 cm³/mol. The molecule has 0 aliphatic rings. The molecule has 0 unspecified atom stereocenters. The van der Waals surface area contributed by atoms with Gasteiger partial charge in [-0.1, -0.05) is 42.5 Å². The average molecular weight is 495 g/mol. The molecular weight excluding hydrogens is 472 g/mol. The number of benzene rings is 2. The third-order valence-electron chi connectivity index (χ3n) is 6.62. The lowest BCUT2D eigenvalue weighted by Crippen LogP contribution is -1.96. The Morgan fingerprint density at radius 2 is 1.58 bits per heavy atom. The van der Waals surface area contributed by atoms with Gasteiger partial charge in [0.1, 0.15) is 18.1 Å². The molecule has 5 heterocycles. The summed E-state index contributed by atoms with van der Waals surface area (Å²) in [4.78, 5) is 16.7. The highest BCUT2D eigenvalue weighted by Gasteiger charge is 2.15. The number of hydrogen-bond donors (Lipinski definition) is 2. The van der Waals surface area contributed by atoms with Crippen LogP contribution in [0.3, 0.4) is 0 Å². The second-order valence-electron chi connectivity index (χ2n) is 9.06. The van der Waals surface area contributed by atoms with E-state index in [1.807, 2.05) is 73.3 Å². The number of nitrogens with zero attached hydrogens (tertiary/aromatic N) is 4. The highest BCUT2D eigenvalue weighted by Crippen LogP contribution is 2.34. The van der Waals surface area contributed by atoms with Crippen LogP contribution in [0.2, 0.25) is 0 Å². The number of hydrogen-bond acceptors (Lipinski definition) is 5. The van der Waals surface area contributed by atoms with Gasteiger partial charge in [0.2, 0.25) is 0 Å². The summed E-state index contributed by atoms with van der Waals surface area (Å²) < 4.78 is 5.99. The first-order chi connectivity index (χ1) is 18.8. The summed E-state index contributed by atoms with van der Waals surface area (Å²) in [6, 6.07) is 26.6. The van der Waals surface area contributed by atoms with E-state index in [9.17, 15) is 0 Å². The van der Waals surface area contributed by atoms with Gasteiger partial charge in [0.25, 0.3) is 0 Å². The number of rotatable bonds is 6. The third kappa shape index (κ3) is 4.06. The molecular formula is C31H22N6O. The van der Waals surface area contributed by atoms with Gasteiger partial charge in [0.05, 0.1) is 11.9 Å². The Kier molecular flexibility index (Phi) is 5.37. The maximum atomic E-state index is 5.99. The zero-order valence-electron chi connectivity index (χ0n) is 20.3. The Bertz CT molecular complexity index is 1880. The Morgan fingerprint density at radius 3 is 2.47 bits per heavy atom. The molecule has 0 radical (unpaired) electrons. The fourth-order valence-corrected chi connectivity index (χ4v) is 4.73. The highest BCUT2D eigenvalue weighted by atomic mass is 16.5. The number of nitrogens with one attached hydrogen (secondary N) is 2. The number of pyridine rings is 3. The molecule has 5 aromatic heterocycles. The largest absolute Gasteiger partial charge is 0.487 e. The third-order valence-corrected chi connectivity index (χ3v) is 6.62. The number of H-pyrrole nitrogens is 2. The van der Waals surface area contributed by atoms with Crippen LogP contribution in [0.5, 0.6) is 5.75 Å². The molecule has 0 saturated heterocycles. The van der Waals surface area contributed by atoms with Crippen LogP contribution in [0.25, 0.3) is 55.6 Å². The van der Waals surface area contributed by atoms with Gasteiger partial charge < -0.3 is 9.72 Å². The lowest BCUT2D eigenvalue weighted by Gasteiger charge is -2.08. The van der Waals surface area contributed by atoms with Gasteiger partial charge in [-0.25, -0.2) is 4.98 Å². The van der Waals surface area contributed by atoms with Crippen molar-refractivity contribution >= 4 is 21.9 Å².